The quantitative estimate of drug-likeness (QED) is 0.159. The van der Waals surface area contributed by atoms with Crippen LogP contribution in [-0.4, -0.2) is 28.2 Å². The summed E-state index contributed by atoms with van der Waals surface area (Å²) in [5.41, 5.74) is 0.319. The fourth-order valence-electron chi connectivity index (χ4n) is 2.66. The molecular formula is C22H16FN5O6PdS. The van der Waals surface area contributed by atoms with Crippen LogP contribution in [0.1, 0.15) is 0 Å². The molecule has 4 rings (SSSR count). The third-order valence-corrected chi connectivity index (χ3v) is 5.57. The monoisotopic (exact) mass is 603 g/mol. The summed E-state index contributed by atoms with van der Waals surface area (Å²) in [6.07, 6.45) is 4.57. The van der Waals surface area contributed by atoms with Crippen molar-refractivity contribution >= 4 is 27.1 Å². The molecule has 0 unspecified atom stereocenters. The van der Waals surface area contributed by atoms with E-state index < -0.39 is 19.9 Å². The van der Waals surface area contributed by atoms with Gasteiger partial charge in [0.25, 0.3) is 11.4 Å². The van der Waals surface area contributed by atoms with E-state index in [1.807, 2.05) is 18.2 Å². The Kier molecular flexibility index (Phi) is 10.7. The summed E-state index contributed by atoms with van der Waals surface area (Å²) >= 11 is 1.25. The Balaban J connectivity index is 0.000000491. The normalized spacial score (nSPS) is 10.1. The molecule has 0 aliphatic carbocycles. The van der Waals surface area contributed by atoms with Crippen molar-refractivity contribution in [3.8, 4) is 11.3 Å². The smallest absolute Gasteiger partial charge is 0.0267 e. The maximum atomic E-state index is 12.6. The Morgan fingerprint density at radius 1 is 0.778 bits per heavy atom. The fourth-order valence-corrected chi connectivity index (χ4v) is 3.66. The van der Waals surface area contributed by atoms with E-state index in [4.69, 9.17) is 0 Å². The molecule has 0 radical (unpaired) electrons. The first-order chi connectivity index (χ1) is 17.3. The summed E-state index contributed by atoms with van der Waals surface area (Å²) in [5, 5.41) is 21.5. The molecule has 11 nitrogen and oxygen atoms in total. The summed E-state index contributed by atoms with van der Waals surface area (Å²) in [6, 6.07) is 19.0. The number of benzene rings is 2. The molecule has 0 spiro atoms. The van der Waals surface area contributed by atoms with Crippen LogP contribution >= 0.6 is 0 Å². The van der Waals surface area contributed by atoms with Crippen LogP contribution in [-0.2, 0) is 29.7 Å². The number of non-ortho nitro benzene ring substituents is 1. The molecule has 0 bridgehead atoms. The molecule has 0 saturated heterocycles. The SMILES string of the molecule is O=[N+]([O-])c1ccc(S(=O)(=O)[N-]c2ccccc2-c2ccc([N+](=O)[O-])cn2)cc1.[F][Pd+].c1ccncc1. The summed E-state index contributed by atoms with van der Waals surface area (Å²) < 4.78 is 38.3. The van der Waals surface area contributed by atoms with Crippen molar-refractivity contribution in [3.05, 3.63) is 122 Å². The van der Waals surface area contributed by atoms with Crippen LogP contribution in [0, 0.1) is 20.2 Å². The summed E-state index contributed by atoms with van der Waals surface area (Å²) in [5.74, 6) is 0. The predicted octanol–water partition coefficient (Wildman–Crippen LogP) is 5.46. The predicted molar refractivity (Wildman–Crippen MR) is 125 cm³/mol. The molecule has 2 aromatic carbocycles. The van der Waals surface area contributed by atoms with Crippen LogP contribution in [0.5, 0.6) is 0 Å². The summed E-state index contributed by atoms with van der Waals surface area (Å²) in [7, 11) is -4.14. The van der Waals surface area contributed by atoms with Gasteiger partial charge in [-0.05, 0) is 35.9 Å². The first-order valence-corrected chi connectivity index (χ1v) is 11.7. The molecule has 4 aromatic rings. The van der Waals surface area contributed by atoms with E-state index in [0.717, 1.165) is 30.5 Å². The van der Waals surface area contributed by atoms with E-state index in [1.165, 1.54) is 37.9 Å². The van der Waals surface area contributed by atoms with E-state index in [1.54, 1.807) is 30.6 Å². The van der Waals surface area contributed by atoms with Crippen molar-refractivity contribution in [1.82, 2.24) is 9.97 Å². The Morgan fingerprint density at radius 2 is 1.36 bits per heavy atom. The van der Waals surface area contributed by atoms with E-state index in [0.29, 0.717) is 11.3 Å². The van der Waals surface area contributed by atoms with Crippen LogP contribution in [0.25, 0.3) is 16.0 Å². The first kappa shape index (κ1) is 28.1. The molecule has 0 amide bonds. The number of nitro groups is 2. The van der Waals surface area contributed by atoms with E-state index >= 15 is 0 Å². The van der Waals surface area contributed by atoms with Crippen LogP contribution < -0.4 is 0 Å². The van der Waals surface area contributed by atoms with Gasteiger partial charge in [-0.1, -0.05) is 30.3 Å². The van der Waals surface area contributed by atoms with Crippen molar-refractivity contribution in [2.75, 3.05) is 0 Å². The number of halogens is 1. The molecule has 188 valence electrons. The summed E-state index contributed by atoms with van der Waals surface area (Å²) in [6.45, 7) is 0. The minimum atomic E-state index is -4.14. The molecular weight excluding hydrogens is 588 g/mol. The zero-order valence-corrected chi connectivity index (χ0v) is 20.4. The average Bonchev–Trinajstić information content (AvgIpc) is 2.91. The van der Waals surface area contributed by atoms with Gasteiger partial charge in [-0.3, -0.25) is 25.2 Å². The minimum absolute atomic E-state index is 0.0854. The Labute approximate surface area is 216 Å². The first-order valence-electron chi connectivity index (χ1n) is 9.67. The van der Waals surface area contributed by atoms with Gasteiger partial charge in [-0.15, -0.1) is 5.69 Å². The fraction of sp³-hybridized carbons (Fsp3) is 0. The van der Waals surface area contributed by atoms with Gasteiger partial charge < -0.3 is 4.72 Å². The second-order valence-electron chi connectivity index (χ2n) is 6.52. The molecule has 14 heteroatoms. The standard InChI is InChI=1S/C17H11N4O6S.C5H5N.FH.Pd/c22-20(23)12-5-8-14(9-6-12)28(26,27)19-17-4-2-1-3-15(17)16-10-7-13(11-18-16)21(24)25;1-2-4-6-5-3-1;;/h1-11H;1-5H;1H;/q-1;;;+2/p-1. The van der Waals surface area contributed by atoms with Crippen molar-refractivity contribution in [3.63, 3.8) is 0 Å². The second kappa shape index (κ2) is 13.7. The second-order valence-corrected chi connectivity index (χ2v) is 8.12. The number of hydrogen-bond acceptors (Lipinski definition) is 8. The maximum Gasteiger partial charge on any atom is 0.0267 e. The topological polar surface area (TPSA) is 160 Å². The van der Waals surface area contributed by atoms with E-state index in [-0.39, 0.29) is 22.0 Å². The number of sulfonamides is 1. The Hall–Kier alpha value is -4.12. The molecule has 0 saturated carbocycles. The van der Waals surface area contributed by atoms with E-state index in [2.05, 4.69) is 14.7 Å². The molecule has 0 atom stereocenters. The number of aromatic nitrogens is 2. The molecule has 2 aromatic heterocycles. The molecule has 0 aliphatic heterocycles. The van der Waals surface area contributed by atoms with Crippen molar-refractivity contribution in [2.45, 2.75) is 4.90 Å². The minimum Gasteiger partial charge on any atom is -0.265 e. The Bertz CT molecular complexity index is 1370. The van der Waals surface area contributed by atoms with Crippen LogP contribution in [0.4, 0.5) is 20.3 Å². The van der Waals surface area contributed by atoms with Gasteiger partial charge in [0.1, 0.15) is 16.2 Å². The van der Waals surface area contributed by atoms with Gasteiger partial charge in [-0.2, -0.15) is 0 Å². The number of pyridine rings is 2. The molecule has 36 heavy (non-hydrogen) atoms. The van der Waals surface area contributed by atoms with Gasteiger partial charge in [0, 0.05) is 30.6 Å². The van der Waals surface area contributed by atoms with E-state index in [9.17, 15) is 31.9 Å². The molecule has 0 N–H and O–H groups in total. The third kappa shape index (κ3) is 7.98. The number of rotatable bonds is 6. The van der Waals surface area contributed by atoms with Gasteiger partial charge in [0.05, 0.1) is 20.4 Å². The van der Waals surface area contributed by atoms with Crippen LogP contribution in [0.2, 0.25) is 0 Å². The van der Waals surface area contributed by atoms with Crippen molar-refractivity contribution in [2.24, 2.45) is 0 Å². The summed E-state index contributed by atoms with van der Waals surface area (Å²) in [4.78, 5) is 27.8. The van der Waals surface area contributed by atoms with Gasteiger partial charge in [0.2, 0.25) is 0 Å². The van der Waals surface area contributed by atoms with Gasteiger partial charge in [-0.25, -0.2) is 13.4 Å². The third-order valence-electron chi connectivity index (χ3n) is 4.27. The zero-order valence-electron chi connectivity index (χ0n) is 18.0. The van der Waals surface area contributed by atoms with Gasteiger partial charge >= 0.3 is 22.9 Å². The number of nitrogens with zero attached hydrogens (tertiary/aromatic N) is 5. The molecule has 2 heterocycles. The van der Waals surface area contributed by atoms with Gasteiger partial charge in [0.15, 0.2) is 0 Å². The average molecular weight is 604 g/mol. The molecule has 0 fully saturated rings. The number of hydrogen-bond donors (Lipinski definition) is 0. The largest absolute Gasteiger partial charge is 0.265 e. The van der Waals surface area contributed by atoms with Crippen molar-refractivity contribution in [1.29, 1.82) is 0 Å². The van der Waals surface area contributed by atoms with Crippen LogP contribution in [0.15, 0.2) is 102 Å². The number of nitro benzene ring substituents is 1. The zero-order chi connectivity index (χ0) is 26.6. The molecule has 0 aliphatic rings. The van der Waals surface area contributed by atoms with Crippen molar-refractivity contribution < 1.29 is 41.2 Å². The van der Waals surface area contributed by atoms with Crippen LogP contribution in [0.3, 0.4) is 0 Å². The Morgan fingerprint density at radius 3 is 1.83 bits per heavy atom. The maximum absolute atomic E-state index is 12.6.